The molecule has 0 atom stereocenters. The molecule has 0 unspecified atom stereocenters. The van der Waals surface area contributed by atoms with E-state index in [9.17, 15) is 4.79 Å². The predicted octanol–water partition coefficient (Wildman–Crippen LogP) is 4.45. The fraction of sp³-hybridized carbons (Fsp3) is 0.176. The molecule has 4 nitrogen and oxygen atoms in total. The molecule has 1 amide bonds. The lowest BCUT2D eigenvalue weighted by molar-refractivity contribution is -0.115. The van der Waals surface area contributed by atoms with Crippen molar-refractivity contribution in [2.24, 2.45) is 0 Å². The van der Waals surface area contributed by atoms with E-state index in [-0.39, 0.29) is 5.91 Å². The van der Waals surface area contributed by atoms with Crippen LogP contribution in [0.2, 0.25) is 0 Å². The van der Waals surface area contributed by atoms with Gasteiger partial charge in [0.25, 0.3) is 0 Å². The number of amides is 1. The first-order chi connectivity index (χ1) is 11.2. The van der Waals surface area contributed by atoms with Crippen molar-refractivity contribution in [1.29, 1.82) is 0 Å². The highest BCUT2D eigenvalue weighted by Crippen LogP contribution is 2.26. The molecule has 0 saturated heterocycles. The lowest BCUT2D eigenvalue weighted by atomic mass is 10.2. The zero-order chi connectivity index (χ0) is 16.1. The zero-order valence-electron chi connectivity index (χ0n) is 12.6. The third kappa shape index (κ3) is 4.18. The molecule has 2 aromatic heterocycles. The quantitative estimate of drug-likeness (QED) is 0.719. The summed E-state index contributed by atoms with van der Waals surface area (Å²) in [5.41, 5.74) is 2.88. The van der Waals surface area contributed by atoms with Crippen LogP contribution in [0.4, 0.5) is 5.13 Å². The summed E-state index contributed by atoms with van der Waals surface area (Å²) in [5.74, 6) is 0.798. The van der Waals surface area contributed by atoms with E-state index in [4.69, 9.17) is 4.74 Å². The van der Waals surface area contributed by atoms with E-state index in [2.05, 4.69) is 10.3 Å². The van der Waals surface area contributed by atoms with Gasteiger partial charge in [0, 0.05) is 10.9 Å². The minimum absolute atomic E-state index is 0.0454. The molecule has 3 aromatic rings. The fourth-order valence-electron chi connectivity index (χ4n) is 2.09. The van der Waals surface area contributed by atoms with Crippen LogP contribution >= 0.6 is 22.7 Å². The molecule has 3 rings (SSSR count). The Morgan fingerprint density at radius 2 is 2.04 bits per heavy atom. The number of carbonyl (C=O) groups is 1. The van der Waals surface area contributed by atoms with Crippen LogP contribution in [0.5, 0.6) is 5.75 Å². The van der Waals surface area contributed by atoms with Gasteiger partial charge in [0.2, 0.25) is 5.91 Å². The monoisotopic (exact) mass is 344 g/mol. The number of hydrogen-bond donors (Lipinski definition) is 1. The Bertz CT molecular complexity index is 764. The SMILES string of the molecule is CCOc1ccc(-c2csc(NC(=O)Cc3ccsc3)n2)cc1. The summed E-state index contributed by atoms with van der Waals surface area (Å²) in [6.45, 7) is 2.61. The van der Waals surface area contributed by atoms with E-state index in [1.54, 1.807) is 11.3 Å². The van der Waals surface area contributed by atoms with Crippen LogP contribution in [-0.4, -0.2) is 17.5 Å². The molecule has 0 aliphatic rings. The van der Waals surface area contributed by atoms with Crippen molar-refractivity contribution in [2.75, 3.05) is 11.9 Å². The smallest absolute Gasteiger partial charge is 0.230 e. The number of thiazole rings is 1. The molecular weight excluding hydrogens is 328 g/mol. The van der Waals surface area contributed by atoms with E-state index in [0.29, 0.717) is 18.2 Å². The van der Waals surface area contributed by atoms with Crippen LogP contribution in [0, 0.1) is 0 Å². The van der Waals surface area contributed by atoms with Crippen molar-refractivity contribution >= 4 is 33.7 Å². The predicted molar refractivity (Wildman–Crippen MR) is 95.4 cm³/mol. The molecule has 0 aliphatic heterocycles. The molecule has 1 N–H and O–H groups in total. The number of aromatic nitrogens is 1. The number of nitrogens with zero attached hydrogens (tertiary/aromatic N) is 1. The van der Waals surface area contributed by atoms with Gasteiger partial charge in [-0.1, -0.05) is 0 Å². The van der Waals surface area contributed by atoms with Gasteiger partial charge >= 0.3 is 0 Å². The van der Waals surface area contributed by atoms with E-state index in [1.807, 2.05) is 53.4 Å². The summed E-state index contributed by atoms with van der Waals surface area (Å²) in [6.07, 6.45) is 0.376. The van der Waals surface area contributed by atoms with Gasteiger partial charge in [0.15, 0.2) is 5.13 Å². The van der Waals surface area contributed by atoms with Crippen LogP contribution in [0.3, 0.4) is 0 Å². The molecule has 118 valence electrons. The lowest BCUT2D eigenvalue weighted by Crippen LogP contribution is -2.13. The second-order valence-corrected chi connectivity index (χ2v) is 6.49. The summed E-state index contributed by atoms with van der Waals surface area (Å²) < 4.78 is 5.43. The fourth-order valence-corrected chi connectivity index (χ4v) is 3.50. The topological polar surface area (TPSA) is 51.2 Å². The third-order valence-electron chi connectivity index (χ3n) is 3.16. The summed E-state index contributed by atoms with van der Waals surface area (Å²) in [6, 6.07) is 9.74. The Labute approximate surface area is 142 Å². The molecule has 2 heterocycles. The highest BCUT2D eigenvalue weighted by atomic mass is 32.1. The maximum Gasteiger partial charge on any atom is 0.230 e. The maximum atomic E-state index is 12.0. The number of rotatable bonds is 6. The van der Waals surface area contributed by atoms with Gasteiger partial charge in [-0.2, -0.15) is 11.3 Å². The van der Waals surface area contributed by atoms with Gasteiger partial charge < -0.3 is 10.1 Å². The molecule has 0 saturated carbocycles. The highest BCUT2D eigenvalue weighted by molar-refractivity contribution is 7.14. The Hall–Kier alpha value is -2.18. The van der Waals surface area contributed by atoms with Gasteiger partial charge in [-0.05, 0) is 53.6 Å². The second-order valence-electron chi connectivity index (χ2n) is 4.85. The lowest BCUT2D eigenvalue weighted by Gasteiger charge is -2.03. The number of thiophene rings is 1. The third-order valence-corrected chi connectivity index (χ3v) is 4.65. The van der Waals surface area contributed by atoms with Crippen LogP contribution in [0.1, 0.15) is 12.5 Å². The number of ether oxygens (including phenoxy) is 1. The van der Waals surface area contributed by atoms with Crippen molar-refractivity contribution in [3.8, 4) is 17.0 Å². The average Bonchev–Trinajstić information content (AvgIpc) is 3.20. The van der Waals surface area contributed by atoms with E-state index in [1.165, 1.54) is 11.3 Å². The molecule has 23 heavy (non-hydrogen) atoms. The summed E-state index contributed by atoms with van der Waals surface area (Å²) in [5, 5.41) is 9.36. The molecule has 0 spiro atoms. The van der Waals surface area contributed by atoms with Crippen LogP contribution in [0.15, 0.2) is 46.5 Å². The summed E-state index contributed by atoms with van der Waals surface area (Å²) in [7, 11) is 0. The number of anilines is 1. The Morgan fingerprint density at radius 3 is 2.74 bits per heavy atom. The van der Waals surface area contributed by atoms with Crippen molar-refractivity contribution < 1.29 is 9.53 Å². The van der Waals surface area contributed by atoms with Gasteiger partial charge in [-0.25, -0.2) is 4.98 Å². The normalized spacial score (nSPS) is 10.5. The van der Waals surface area contributed by atoms with Gasteiger partial charge in [0.05, 0.1) is 18.7 Å². The maximum absolute atomic E-state index is 12.0. The summed E-state index contributed by atoms with van der Waals surface area (Å²) in [4.78, 5) is 16.5. The van der Waals surface area contributed by atoms with E-state index >= 15 is 0 Å². The minimum atomic E-state index is -0.0454. The van der Waals surface area contributed by atoms with Crippen molar-refractivity contribution in [3.63, 3.8) is 0 Å². The molecule has 6 heteroatoms. The Balaban J connectivity index is 1.64. The number of hydrogen-bond acceptors (Lipinski definition) is 5. The highest BCUT2D eigenvalue weighted by Gasteiger charge is 2.09. The molecular formula is C17H16N2O2S2. The largest absolute Gasteiger partial charge is 0.494 e. The van der Waals surface area contributed by atoms with Crippen molar-refractivity contribution in [2.45, 2.75) is 13.3 Å². The van der Waals surface area contributed by atoms with Crippen molar-refractivity contribution in [3.05, 3.63) is 52.0 Å². The average molecular weight is 344 g/mol. The van der Waals surface area contributed by atoms with Gasteiger partial charge in [-0.15, -0.1) is 11.3 Å². The molecule has 0 bridgehead atoms. The van der Waals surface area contributed by atoms with Crippen LogP contribution < -0.4 is 10.1 Å². The number of carbonyl (C=O) groups excluding carboxylic acids is 1. The minimum Gasteiger partial charge on any atom is -0.494 e. The molecule has 0 aliphatic carbocycles. The summed E-state index contributed by atoms with van der Waals surface area (Å²) >= 11 is 3.02. The first-order valence-electron chi connectivity index (χ1n) is 7.24. The second kappa shape index (κ2) is 7.39. The molecule has 1 aromatic carbocycles. The standard InChI is InChI=1S/C17H16N2O2S2/c1-2-21-14-5-3-13(4-6-14)15-11-23-17(18-15)19-16(20)9-12-7-8-22-10-12/h3-8,10-11H,2,9H2,1H3,(H,18,19,20). The van der Waals surface area contributed by atoms with Crippen molar-refractivity contribution in [1.82, 2.24) is 4.98 Å². The molecule has 0 radical (unpaired) electrons. The van der Waals surface area contributed by atoms with E-state index in [0.717, 1.165) is 22.6 Å². The van der Waals surface area contributed by atoms with Crippen LogP contribution in [-0.2, 0) is 11.2 Å². The number of nitrogens with one attached hydrogen (secondary N) is 1. The first kappa shape index (κ1) is 15.7. The Kier molecular flexibility index (Phi) is 5.05. The number of benzene rings is 1. The molecule has 0 fully saturated rings. The van der Waals surface area contributed by atoms with Crippen LogP contribution in [0.25, 0.3) is 11.3 Å². The first-order valence-corrected chi connectivity index (χ1v) is 9.06. The Morgan fingerprint density at radius 1 is 1.22 bits per heavy atom. The van der Waals surface area contributed by atoms with Gasteiger partial charge in [0.1, 0.15) is 5.75 Å². The van der Waals surface area contributed by atoms with E-state index < -0.39 is 0 Å². The zero-order valence-corrected chi connectivity index (χ0v) is 14.2. The van der Waals surface area contributed by atoms with Gasteiger partial charge in [-0.3, -0.25) is 4.79 Å².